The highest BCUT2D eigenvalue weighted by atomic mass is 35.5. The zero-order valence-corrected chi connectivity index (χ0v) is 64.2. The van der Waals surface area contributed by atoms with E-state index in [0.717, 1.165) is 10.8 Å². The molecule has 2 saturated heterocycles. The Bertz CT molecular complexity index is 4350. The highest BCUT2D eigenvalue weighted by molar-refractivity contribution is 6.30. The molecule has 33 heteroatoms. The van der Waals surface area contributed by atoms with Gasteiger partial charge in [0.15, 0.2) is 0 Å². The number of aliphatic hydroxyl groups is 1. The lowest BCUT2D eigenvalue weighted by molar-refractivity contribution is -0.149. The van der Waals surface area contributed by atoms with Gasteiger partial charge in [-0.15, -0.1) is 0 Å². The normalized spacial score (nSPS) is 16.1. The number of nitrogens with two attached hydrogens (primary N) is 1. The molecule has 17 N–H and O–H groups in total. The van der Waals surface area contributed by atoms with Gasteiger partial charge in [-0.3, -0.25) is 63.0 Å². The van der Waals surface area contributed by atoms with Gasteiger partial charge in [0.2, 0.25) is 65.0 Å². The first-order valence-corrected chi connectivity index (χ1v) is 37.8. The number of carbonyl (C=O) groups excluding carboxylic acids is 13. The van der Waals surface area contributed by atoms with E-state index in [1.807, 2.05) is 56.3 Å². The number of aliphatic carboxylic acids is 1. The lowest BCUT2D eigenvalue weighted by atomic mass is 9.99. The zero-order valence-electron chi connectivity index (χ0n) is 63.5. The highest BCUT2D eigenvalue weighted by Crippen LogP contribution is 2.23. The number of carboxylic acids is 1. The molecule has 113 heavy (non-hydrogen) atoms. The number of benzene rings is 5. The van der Waals surface area contributed by atoms with Crippen molar-refractivity contribution in [2.75, 3.05) is 25.0 Å². The van der Waals surface area contributed by atoms with E-state index in [4.69, 9.17) is 17.3 Å². The number of hydrogen-bond acceptors (Lipinski definition) is 17. The number of urea groups is 2. The number of aromatic nitrogens is 1. The van der Waals surface area contributed by atoms with Crippen LogP contribution in [0.5, 0.6) is 0 Å². The molecule has 3 heterocycles. The Hall–Kier alpha value is -11.9. The quantitative estimate of drug-likeness (QED) is 0.0245. The highest BCUT2D eigenvalue weighted by Gasteiger charge is 2.40. The summed E-state index contributed by atoms with van der Waals surface area (Å²) in [6, 6.07) is 19.1. The minimum Gasteiger partial charge on any atom is -0.480 e. The SMILES string of the molecule is CC(=O)N[C@H](Cc1ccc2ccccc2c1)C(=O)N[C@H](Cc1ccc(Cl)cc1)C(=O)N[C@H](Cc1cccnc1)C(=O)N[C@@H](CO)C(=O)N[C@@H](Cc1ccc(NC(=O)[C@@H]2CC(=O)NC(=O)N2)cc1)C(=O)N[C@H](Cc1ccc(CNC(N)=O)cc1)C(=O)N[C@@H](CC(C)C)C(=O)N[C@@H](CCCCNC(C)C)C(=O)N1CCC[C@H]1C(=O)O. The van der Waals surface area contributed by atoms with Crippen molar-refractivity contribution in [1.29, 1.82) is 0 Å². The first kappa shape index (κ1) is 86.7. The molecule has 10 atom stereocenters. The molecule has 15 amide bonds. The predicted molar refractivity (Wildman–Crippen MR) is 418 cm³/mol. The number of unbranched alkanes of at least 4 members (excludes halogenated alkanes) is 1. The largest absolute Gasteiger partial charge is 0.480 e. The number of halogens is 1. The van der Waals surface area contributed by atoms with Crippen molar-refractivity contribution in [3.8, 4) is 0 Å². The maximum atomic E-state index is 15.4. The maximum Gasteiger partial charge on any atom is 0.326 e. The molecular formula is C80H99ClN16O16. The fourth-order valence-corrected chi connectivity index (χ4v) is 13.2. The summed E-state index contributed by atoms with van der Waals surface area (Å²) in [7, 11) is 0. The standard InChI is InChI=1S/C80H99ClN16O16/c1-45(2)34-59(70(102)88-58(15-8-9-32-84-46(3)4)77(109)97-33-11-16-67(97)78(110)111)89-72(104)61(36-48-17-19-51(20-18-48)43-85-79(82)112)91-74(106)63(38-50-24-29-57(30-25-50)87-69(101)65-41-68(100)96-80(113)95-65)93-76(108)66(44-98)94-75(107)64(40-53-12-10-31-83-42-53)92-73(105)62(37-49-22-27-56(81)28-23-49)90-71(103)60(86-47(5)99)39-52-21-26-54-13-6-7-14-55(54)35-52/h6-7,10,12-14,17-31,35,42,45-46,58-67,84,98H,8-9,11,15-16,32-34,36-41,43-44H2,1-5H3,(H,86,99)(H,87,101)(H,88,102)(H,89,104)(H,90,103)(H,91,106)(H,92,105)(H,93,108)(H,94,107)(H,110,111)(H3,82,85,112)(H2,95,96,100,113)/t58-,59-,60+,61+,62+,63-,64+,65-,66-,67-/m0/s1. The van der Waals surface area contributed by atoms with E-state index in [2.05, 4.69) is 74.1 Å². The number of carbonyl (C=O) groups is 14. The molecule has 2 fully saturated rings. The van der Waals surface area contributed by atoms with Crippen LogP contribution in [0, 0.1) is 5.92 Å². The number of rotatable bonds is 40. The number of hydrogen-bond donors (Lipinski definition) is 16. The van der Waals surface area contributed by atoms with Crippen LogP contribution in [0.2, 0.25) is 5.02 Å². The van der Waals surface area contributed by atoms with E-state index in [1.165, 1.54) is 48.5 Å². The van der Waals surface area contributed by atoms with Crippen LogP contribution in [-0.4, -0.2) is 189 Å². The monoisotopic (exact) mass is 1570 g/mol. The molecule has 602 valence electrons. The minimum atomic E-state index is -1.91. The summed E-state index contributed by atoms with van der Waals surface area (Å²) in [6.45, 7) is 8.42. The molecule has 0 bridgehead atoms. The second kappa shape index (κ2) is 42.5. The summed E-state index contributed by atoms with van der Waals surface area (Å²) in [5.41, 5.74) is 8.47. The smallest absolute Gasteiger partial charge is 0.326 e. The summed E-state index contributed by atoms with van der Waals surface area (Å²) in [5, 5.41) is 58.0. The minimum absolute atomic E-state index is 0.00445. The van der Waals surface area contributed by atoms with E-state index >= 15 is 9.59 Å². The second-order valence-corrected chi connectivity index (χ2v) is 29.3. The van der Waals surface area contributed by atoms with Crippen LogP contribution in [0.4, 0.5) is 15.3 Å². The van der Waals surface area contributed by atoms with E-state index in [-0.39, 0.29) is 82.1 Å². The first-order chi connectivity index (χ1) is 54.0. The summed E-state index contributed by atoms with van der Waals surface area (Å²) in [6.07, 6.45) is 3.18. The van der Waals surface area contributed by atoms with Crippen LogP contribution >= 0.6 is 11.6 Å². The number of pyridine rings is 1. The lowest BCUT2D eigenvalue weighted by Crippen LogP contribution is -2.61. The molecular weight excluding hydrogens is 1480 g/mol. The van der Waals surface area contributed by atoms with Gasteiger partial charge in [0.1, 0.15) is 60.4 Å². The van der Waals surface area contributed by atoms with E-state index in [0.29, 0.717) is 64.2 Å². The average molecular weight is 1580 g/mol. The third kappa shape index (κ3) is 27.5. The molecule has 32 nitrogen and oxygen atoms in total. The number of imide groups is 1. The number of carboxylic acid groups (broad SMARTS) is 1. The Kier molecular flexibility index (Phi) is 32.6. The fourth-order valence-electron chi connectivity index (χ4n) is 13.1. The van der Waals surface area contributed by atoms with Crippen LogP contribution in [0.15, 0.2) is 140 Å². The molecule has 1 aromatic heterocycles. The number of aliphatic hydroxyl groups excluding tert-OH is 1. The van der Waals surface area contributed by atoms with Crippen LogP contribution in [0.3, 0.4) is 0 Å². The van der Waals surface area contributed by atoms with Gasteiger partial charge in [0.25, 0.3) is 0 Å². The number of anilines is 1. The number of nitrogens with one attached hydrogen (secondary N) is 13. The Morgan fingerprint density at radius 2 is 1.07 bits per heavy atom. The third-order valence-electron chi connectivity index (χ3n) is 18.9. The number of primary amides is 1. The number of fused-ring (bicyclic) bond motifs is 1. The van der Waals surface area contributed by atoms with Crippen molar-refractivity contribution < 1.29 is 77.3 Å². The molecule has 8 rings (SSSR count). The number of nitrogens with zero attached hydrogens (tertiary/aromatic N) is 2. The maximum absolute atomic E-state index is 15.4. The summed E-state index contributed by atoms with van der Waals surface area (Å²) in [4.78, 5) is 199. The Balaban J connectivity index is 1.09. The van der Waals surface area contributed by atoms with Gasteiger partial charge >= 0.3 is 18.0 Å². The summed E-state index contributed by atoms with van der Waals surface area (Å²) in [5.74, 6) is -10.7. The van der Waals surface area contributed by atoms with E-state index in [9.17, 15) is 67.7 Å². The van der Waals surface area contributed by atoms with E-state index in [1.54, 1.807) is 74.5 Å². The van der Waals surface area contributed by atoms with Gasteiger partial charge in [-0.05, 0) is 125 Å². The fraction of sp³-hybridized carbons (Fsp3) is 0.412. The molecule has 2 aliphatic rings. The van der Waals surface area contributed by atoms with Gasteiger partial charge in [0.05, 0.1) is 13.0 Å². The van der Waals surface area contributed by atoms with Crippen molar-refractivity contribution in [3.63, 3.8) is 0 Å². The van der Waals surface area contributed by atoms with Gasteiger partial charge in [-0.2, -0.15) is 0 Å². The average Bonchev–Trinajstić information content (AvgIpc) is 1.53. The van der Waals surface area contributed by atoms with Crippen molar-refractivity contribution >= 4 is 111 Å². The summed E-state index contributed by atoms with van der Waals surface area (Å²) < 4.78 is 0. The first-order valence-electron chi connectivity index (χ1n) is 37.5. The third-order valence-corrected chi connectivity index (χ3v) is 19.2. The molecule has 6 aromatic rings. The lowest BCUT2D eigenvalue weighted by Gasteiger charge is -2.30. The molecule has 0 saturated carbocycles. The second-order valence-electron chi connectivity index (χ2n) is 28.8. The van der Waals surface area contributed by atoms with Crippen molar-refractivity contribution in [1.82, 2.24) is 73.7 Å². The molecule has 0 unspecified atom stereocenters. The Morgan fingerprint density at radius 3 is 1.60 bits per heavy atom. The molecule has 0 spiro atoms. The van der Waals surface area contributed by atoms with E-state index < -0.39 is 156 Å². The Morgan fingerprint density at radius 1 is 0.575 bits per heavy atom. The van der Waals surface area contributed by atoms with Crippen molar-refractivity contribution in [2.24, 2.45) is 11.7 Å². The van der Waals surface area contributed by atoms with Crippen molar-refractivity contribution in [3.05, 3.63) is 178 Å². The topological polar surface area (TPSA) is 478 Å². The molecule has 5 aromatic carbocycles. The molecule has 0 aliphatic carbocycles. The van der Waals surface area contributed by atoms with Crippen LogP contribution < -0.4 is 74.9 Å². The van der Waals surface area contributed by atoms with Gasteiger partial charge in [-0.25, -0.2) is 14.4 Å². The van der Waals surface area contributed by atoms with Gasteiger partial charge in [-0.1, -0.05) is 136 Å². The van der Waals surface area contributed by atoms with Crippen molar-refractivity contribution in [2.45, 2.75) is 185 Å². The predicted octanol–water partition coefficient (Wildman–Crippen LogP) is 2.29. The summed E-state index contributed by atoms with van der Waals surface area (Å²) >= 11 is 6.26. The van der Waals surface area contributed by atoms with Crippen LogP contribution in [0.1, 0.15) is 113 Å². The molecule has 2 aliphatic heterocycles. The zero-order chi connectivity index (χ0) is 81.8. The van der Waals surface area contributed by atoms with Gasteiger partial charge in [0, 0.05) is 81.3 Å². The van der Waals surface area contributed by atoms with Crippen LogP contribution in [-0.2, 0) is 96.2 Å². The molecule has 0 radical (unpaired) electrons. The Labute approximate surface area is 658 Å². The van der Waals surface area contributed by atoms with Gasteiger partial charge < -0.3 is 84.6 Å². The van der Waals surface area contributed by atoms with Crippen LogP contribution in [0.25, 0.3) is 10.8 Å². The number of amides is 15. The number of likely N-dealkylation sites (tertiary alicyclic amines) is 1.